The van der Waals surface area contributed by atoms with Crippen LogP contribution in [0.15, 0.2) is 53.4 Å². The summed E-state index contributed by atoms with van der Waals surface area (Å²) < 4.78 is 26.9. The third-order valence-corrected chi connectivity index (χ3v) is 6.54. The van der Waals surface area contributed by atoms with Crippen LogP contribution in [0.4, 0.5) is 10.5 Å². The van der Waals surface area contributed by atoms with E-state index >= 15 is 0 Å². The van der Waals surface area contributed by atoms with Gasteiger partial charge in [0, 0.05) is 42.5 Å². The van der Waals surface area contributed by atoms with E-state index in [1.54, 1.807) is 40.1 Å². The molecule has 1 fully saturated rings. The summed E-state index contributed by atoms with van der Waals surface area (Å²) in [7, 11) is -3.80. The van der Waals surface area contributed by atoms with Crippen molar-refractivity contribution in [2.75, 3.05) is 38.0 Å². The van der Waals surface area contributed by atoms with Crippen molar-refractivity contribution in [1.82, 2.24) is 14.5 Å². The molecule has 1 aliphatic rings. The first-order valence-corrected chi connectivity index (χ1v) is 11.8. The highest BCUT2D eigenvalue weighted by Crippen LogP contribution is 2.17. The number of rotatable bonds is 5. The fourth-order valence-corrected chi connectivity index (χ4v) is 4.46. The number of urea groups is 1. The number of sulfonamides is 1. The Kier molecular flexibility index (Phi) is 7.75. The summed E-state index contributed by atoms with van der Waals surface area (Å²) in [5, 5.41) is 3.33. The Morgan fingerprint density at radius 2 is 1.75 bits per heavy atom. The van der Waals surface area contributed by atoms with E-state index in [0.717, 1.165) is 0 Å². The summed E-state index contributed by atoms with van der Waals surface area (Å²) in [6.45, 7) is 1.47. The topological polar surface area (TPSA) is 98.8 Å². The number of hydrogen-bond donors (Lipinski definition) is 2. The zero-order valence-corrected chi connectivity index (χ0v) is 18.8. The number of carbonyl (C=O) groups excluding carboxylic acids is 2. The van der Waals surface area contributed by atoms with E-state index in [-0.39, 0.29) is 28.9 Å². The Morgan fingerprint density at radius 1 is 1.03 bits per heavy atom. The maximum atomic E-state index is 13.0. The Bertz CT molecular complexity index is 1150. The Morgan fingerprint density at radius 3 is 2.50 bits per heavy atom. The molecule has 0 atom stereocenters. The van der Waals surface area contributed by atoms with Crippen LogP contribution in [0.5, 0.6) is 0 Å². The zero-order valence-electron chi connectivity index (χ0n) is 17.3. The van der Waals surface area contributed by atoms with Gasteiger partial charge in [-0.1, -0.05) is 29.7 Å². The fourth-order valence-electron chi connectivity index (χ4n) is 3.29. The van der Waals surface area contributed by atoms with Gasteiger partial charge in [0.05, 0.1) is 11.4 Å². The van der Waals surface area contributed by atoms with Crippen LogP contribution in [0.3, 0.4) is 0 Å². The second-order valence-corrected chi connectivity index (χ2v) is 9.33. The first-order chi connectivity index (χ1) is 15.3. The average Bonchev–Trinajstić information content (AvgIpc) is 3.04. The molecule has 10 heteroatoms. The largest absolute Gasteiger partial charge is 0.337 e. The summed E-state index contributed by atoms with van der Waals surface area (Å²) in [6.07, 6.45) is 5.70. The van der Waals surface area contributed by atoms with Gasteiger partial charge in [0.25, 0.3) is 5.91 Å². The number of carbonyl (C=O) groups is 2. The van der Waals surface area contributed by atoms with Crippen molar-refractivity contribution in [3.8, 4) is 12.3 Å². The number of nitrogens with zero attached hydrogens (tertiary/aromatic N) is 2. The van der Waals surface area contributed by atoms with Crippen LogP contribution in [0.25, 0.3) is 0 Å². The van der Waals surface area contributed by atoms with Crippen LogP contribution in [-0.4, -0.2) is 62.9 Å². The molecule has 2 N–H and O–H groups in total. The SMILES string of the molecule is C#CCNS(=O)(=O)c1cccc(C(=O)N2CCCN(C(=O)Nc3cccc(Cl)c3)CC2)c1. The highest BCUT2D eigenvalue weighted by atomic mass is 35.5. The first-order valence-electron chi connectivity index (χ1n) is 9.94. The van der Waals surface area contributed by atoms with Crippen LogP contribution in [0.1, 0.15) is 16.8 Å². The molecule has 0 unspecified atom stereocenters. The Hall–Kier alpha value is -3.06. The van der Waals surface area contributed by atoms with E-state index in [1.807, 2.05) is 0 Å². The van der Waals surface area contributed by atoms with Crippen LogP contribution in [0, 0.1) is 12.3 Å². The predicted molar refractivity (Wildman–Crippen MR) is 123 cm³/mol. The van der Waals surface area contributed by atoms with Crippen molar-refractivity contribution in [3.05, 3.63) is 59.1 Å². The molecule has 0 aromatic heterocycles. The molecule has 0 radical (unpaired) electrons. The number of nitrogens with one attached hydrogen (secondary N) is 2. The molecule has 1 heterocycles. The van der Waals surface area contributed by atoms with E-state index in [9.17, 15) is 18.0 Å². The lowest BCUT2D eigenvalue weighted by atomic mass is 10.2. The van der Waals surface area contributed by atoms with Crippen molar-refractivity contribution in [2.45, 2.75) is 11.3 Å². The molecule has 1 saturated heterocycles. The van der Waals surface area contributed by atoms with Gasteiger partial charge < -0.3 is 15.1 Å². The fraction of sp³-hybridized carbons (Fsp3) is 0.273. The third-order valence-electron chi connectivity index (χ3n) is 4.90. The molecule has 2 aromatic rings. The standard InChI is InChI=1S/C22H23ClN4O4S/c1-2-10-24-32(30,31)20-9-3-6-17(15-20)21(28)26-11-5-12-27(14-13-26)22(29)25-19-8-4-7-18(23)16-19/h1,3-4,6-9,15-16,24H,5,10-14H2,(H,25,29). The Balaban J connectivity index is 1.65. The molecule has 8 nitrogen and oxygen atoms in total. The molecule has 0 saturated carbocycles. The number of anilines is 1. The normalized spacial score (nSPS) is 14.4. The zero-order chi connectivity index (χ0) is 23.1. The highest BCUT2D eigenvalue weighted by Gasteiger charge is 2.24. The summed E-state index contributed by atoms with van der Waals surface area (Å²) in [5.41, 5.74) is 0.849. The molecular formula is C22H23ClN4O4S. The molecule has 0 bridgehead atoms. The number of benzene rings is 2. The molecule has 1 aliphatic heterocycles. The summed E-state index contributed by atoms with van der Waals surface area (Å²) in [6, 6.07) is 12.4. The molecule has 3 amide bonds. The Labute approximate surface area is 192 Å². The lowest BCUT2D eigenvalue weighted by Gasteiger charge is -2.22. The van der Waals surface area contributed by atoms with Crippen LogP contribution in [-0.2, 0) is 10.0 Å². The second-order valence-electron chi connectivity index (χ2n) is 7.13. The molecule has 32 heavy (non-hydrogen) atoms. The van der Waals surface area contributed by atoms with Gasteiger partial charge in [-0.3, -0.25) is 4.79 Å². The van der Waals surface area contributed by atoms with Gasteiger partial charge >= 0.3 is 6.03 Å². The van der Waals surface area contributed by atoms with Crippen molar-refractivity contribution >= 4 is 39.2 Å². The van der Waals surface area contributed by atoms with Crippen molar-refractivity contribution < 1.29 is 18.0 Å². The minimum absolute atomic E-state index is 0.0315. The smallest absolute Gasteiger partial charge is 0.321 e. The van der Waals surface area contributed by atoms with Crippen molar-refractivity contribution in [1.29, 1.82) is 0 Å². The maximum absolute atomic E-state index is 13.0. The van der Waals surface area contributed by atoms with Gasteiger partial charge in [0.15, 0.2) is 0 Å². The van der Waals surface area contributed by atoms with E-state index in [2.05, 4.69) is 16.0 Å². The number of amides is 3. The van der Waals surface area contributed by atoms with E-state index in [1.165, 1.54) is 18.2 Å². The molecule has 168 valence electrons. The minimum Gasteiger partial charge on any atom is -0.337 e. The number of hydrogen-bond acceptors (Lipinski definition) is 4. The maximum Gasteiger partial charge on any atom is 0.321 e. The minimum atomic E-state index is -3.80. The number of terminal acetylenes is 1. The third kappa shape index (κ3) is 6.01. The molecule has 3 rings (SSSR count). The van der Waals surface area contributed by atoms with Gasteiger partial charge in [-0.2, -0.15) is 4.72 Å². The van der Waals surface area contributed by atoms with Crippen LogP contribution in [0.2, 0.25) is 5.02 Å². The summed E-state index contributed by atoms with van der Waals surface area (Å²) in [5.74, 6) is 1.92. The monoisotopic (exact) mass is 474 g/mol. The van der Waals surface area contributed by atoms with Crippen molar-refractivity contribution in [2.24, 2.45) is 0 Å². The average molecular weight is 475 g/mol. The molecule has 2 aromatic carbocycles. The lowest BCUT2D eigenvalue weighted by molar-refractivity contribution is 0.0762. The summed E-state index contributed by atoms with van der Waals surface area (Å²) >= 11 is 5.96. The quantitative estimate of drug-likeness (QED) is 0.651. The van der Waals surface area contributed by atoms with Crippen LogP contribution < -0.4 is 10.0 Å². The second kappa shape index (κ2) is 10.5. The van der Waals surface area contributed by atoms with Gasteiger partial charge in [-0.05, 0) is 42.8 Å². The van der Waals surface area contributed by atoms with Gasteiger partial charge in [-0.25, -0.2) is 13.2 Å². The molecule has 0 aliphatic carbocycles. The van der Waals surface area contributed by atoms with E-state index in [0.29, 0.717) is 43.3 Å². The van der Waals surface area contributed by atoms with Gasteiger partial charge in [0.1, 0.15) is 0 Å². The molecular weight excluding hydrogens is 452 g/mol. The highest BCUT2D eigenvalue weighted by molar-refractivity contribution is 7.89. The first kappa shape index (κ1) is 23.6. The van der Waals surface area contributed by atoms with Gasteiger partial charge in [-0.15, -0.1) is 6.42 Å². The van der Waals surface area contributed by atoms with E-state index < -0.39 is 10.0 Å². The lowest BCUT2D eigenvalue weighted by Crippen LogP contribution is -2.39. The van der Waals surface area contributed by atoms with E-state index in [4.69, 9.17) is 18.0 Å². The molecule has 0 spiro atoms. The summed E-state index contributed by atoms with van der Waals surface area (Å²) in [4.78, 5) is 28.8. The van der Waals surface area contributed by atoms with Crippen LogP contribution >= 0.6 is 11.6 Å². The van der Waals surface area contributed by atoms with Gasteiger partial charge in [0.2, 0.25) is 10.0 Å². The van der Waals surface area contributed by atoms with Crippen molar-refractivity contribution in [3.63, 3.8) is 0 Å². The number of halogens is 1. The predicted octanol–water partition coefficient (Wildman–Crippen LogP) is 2.63.